The van der Waals surface area contributed by atoms with E-state index >= 15 is 0 Å². The van der Waals surface area contributed by atoms with Crippen LogP contribution in [-0.4, -0.2) is 10.8 Å². The van der Waals surface area contributed by atoms with Crippen LogP contribution in [0, 0.1) is 0 Å². The van der Waals surface area contributed by atoms with E-state index < -0.39 is 11.1 Å². The van der Waals surface area contributed by atoms with Gasteiger partial charge >= 0.3 is 0 Å². The predicted molar refractivity (Wildman–Crippen MR) is 94.0 cm³/mol. The Morgan fingerprint density at radius 3 is 1.09 bits per heavy atom. The van der Waals surface area contributed by atoms with E-state index in [0.717, 1.165) is 16.7 Å². The van der Waals surface area contributed by atoms with E-state index in [1.54, 1.807) is 6.92 Å². The number of aliphatic hydroxyl groups is 1. The molecule has 3 N–H and O–H groups in total. The van der Waals surface area contributed by atoms with Crippen molar-refractivity contribution in [2.24, 2.45) is 5.73 Å². The molecule has 0 aliphatic carbocycles. The van der Waals surface area contributed by atoms with E-state index in [-0.39, 0.29) is 0 Å². The van der Waals surface area contributed by atoms with Crippen LogP contribution in [-0.2, 0) is 5.41 Å². The number of nitrogens with two attached hydrogens (primary N) is 1. The van der Waals surface area contributed by atoms with Crippen molar-refractivity contribution in [3.63, 3.8) is 0 Å². The van der Waals surface area contributed by atoms with Gasteiger partial charge in [0.25, 0.3) is 0 Å². The Balaban J connectivity index is 2.41. The van der Waals surface area contributed by atoms with E-state index in [2.05, 4.69) is 0 Å². The van der Waals surface area contributed by atoms with Crippen LogP contribution in [0.4, 0.5) is 0 Å². The zero-order valence-corrected chi connectivity index (χ0v) is 13.2. The number of hydrogen-bond acceptors (Lipinski definition) is 2. The van der Waals surface area contributed by atoms with Gasteiger partial charge in [0, 0.05) is 0 Å². The zero-order valence-electron chi connectivity index (χ0n) is 13.2. The first kappa shape index (κ1) is 15.5. The molecule has 0 amide bonds. The van der Waals surface area contributed by atoms with Crippen LogP contribution in [0.5, 0.6) is 0 Å². The van der Waals surface area contributed by atoms with Gasteiger partial charge in [-0.15, -0.1) is 0 Å². The molecule has 0 bridgehead atoms. The van der Waals surface area contributed by atoms with Crippen molar-refractivity contribution in [3.05, 3.63) is 108 Å². The quantitative estimate of drug-likeness (QED) is 0.570. The number of benzene rings is 3. The molecule has 0 aliphatic heterocycles. The van der Waals surface area contributed by atoms with E-state index in [0.29, 0.717) is 0 Å². The minimum absolute atomic E-state index is 0.850. The summed E-state index contributed by atoms with van der Waals surface area (Å²) in [4.78, 5) is 0. The van der Waals surface area contributed by atoms with Crippen LogP contribution in [0.15, 0.2) is 91.0 Å². The molecule has 0 aliphatic rings. The lowest BCUT2D eigenvalue weighted by Gasteiger charge is -2.44. The van der Waals surface area contributed by atoms with Gasteiger partial charge in [0.2, 0.25) is 0 Å². The molecule has 3 rings (SSSR count). The van der Waals surface area contributed by atoms with Gasteiger partial charge in [-0.25, -0.2) is 0 Å². The average molecular weight is 303 g/mol. The van der Waals surface area contributed by atoms with Gasteiger partial charge in [0.15, 0.2) is 0 Å². The summed E-state index contributed by atoms with van der Waals surface area (Å²) in [6, 6.07) is 29.8. The molecule has 0 spiro atoms. The van der Waals surface area contributed by atoms with E-state index in [1.165, 1.54) is 0 Å². The minimum Gasteiger partial charge on any atom is -0.375 e. The maximum absolute atomic E-state index is 11.1. The minimum atomic E-state index is -1.48. The number of hydrogen-bond donors (Lipinski definition) is 2. The molecule has 0 fully saturated rings. The molecule has 0 saturated carbocycles. The summed E-state index contributed by atoms with van der Waals surface area (Å²) in [6.45, 7) is 1.67. The van der Waals surface area contributed by atoms with Crippen LogP contribution >= 0.6 is 0 Å². The third-order valence-electron chi connectivity index (χ3n) is 4.38. The van der Waals surface area contributed by atoms with Gasteiger partial charge in [-0.1, -0.05) is 91.0 Å². The first-order valence-corrected chi connectivity index (χ1v) is 7.74. The SMILES string of the molecule is CC(N)(O)C(c1ccccc1)(c1ccccc1)c1ccccc1. The van der Waals surface area contributed by atoms with Crippen molar-refractivity contribution in [3.8, 4) is 0 Å². The largest absolute Gasteiger partial charge is 0.375 e. The zero-order chi connectivity index (χ0) is 16.3. The Labute approximate surface area is 137 Å². The van der Waals surface area contributed by atoms with Crippen molar-refractivity contribution in [1.29, 1.82) is 0 Å². The molecular formula is C21H21NO. The Hall–Kier alpha value is -2.42. The highest BCUT2D eigenvalue weighted by Crippen LogP contribution is 2.45. The van der Waals surface area contributed by atoms with Gasteiger partial charge in [0.05, 0.1) is 5.41 Å². The molecule has 2 heteroatoms. The fourth-order valence-electron chi connectivity index (χ4n) is 3.44. The van der Waals surface area contributed by atoms with E-state index in [4.69, 9.17) is 5.73 Å². The highest BCUT2D eigenvalue weighted by molar-refractivity contribution is 5.53. The highest BCUT2D eigenvalue weighted by Gasteiger charge is 2.48. The van der Waals surface area contributed by atoms with Crippen LogP contribution in [0.2, 0.25) is 0 Å². The second-order valence-corrected chi connectivity index (χ2v) is 6.00. The fraction of sp³-hybridized carbons (Fsp3) is 0.143. The number of rotatable bonds is 4. The van der Waals surface area contributed by atoms with Crippen LogP contribution in [0.25, 0.3) is 0 Å². The molecule has 3 aromatic carbocycles. The predicted octanol–water partition coefficient (Wildman–Crippen LogP) is 3.69. The van der Waals surface area contributed by atoms with E-state index in [1.807, 2.05) is 91.0 Å². The summed E-state index contributed by atoms with van der Waals surface area (Å²) < 4.78 is 0. The standard InChI is InChI=1S/C21H21NO/c1-20(22,23)21(17-11-5-2-6-12-17,18-13-7-3-8-14-18)19-15-9-4-10-16-19/h2-16,23H,22H2,1H3. The summed E-state index contributed by atoms with van der Waals surface area (Å²) in [5.74, 6) is 0. The summed E-state index contributed by atoms with van der Waals surface area (Å²) in [6.07, 6.45) is 0. The molecule has 23 heavy (non-hydrogen) atoms. The first-order valence-electron chi connectivity index (χ1n) is 7.74. The summed E-state index contributed by atoms with van der Waals surface area (Å²) >= 11 is 0. The lowest BCUT2D eigenvalue weighted by Crippen LogP contribution is -2.57. The van der Waals surface area contributed by atoms with Crippen LogP contribution < -0.4 is 5.73 Å². The average Bonchev–Trinajstić information content (AvgIpc) is 2.57. The Bertz CT molecular complexity index is 649. The molecule has 116 valence electrons. The van der Waals surface area contributed by atoms with Gasteiger partial charge in [0.1, 0.15) is 5.72 Å². The van der Waals surface area contributed by atoms with Gasteiger partial charge in [-0.05, 0) is 23.6 Å². The molecule has 0 radical (unpaired) electrons. The van der Waals surface area contributed by atoms with Gasteiger partial charge < -0.3 is 10.8 Å². The Kier molecular flexibility index (Phi) is 4.03. The van der Waals surface area contributed by atoms with Crippen molar-refractivity contribution in [1.82, 2.24) is 0 Å². The normalized spacial score (nSPS) is 14.2. The monoisotopic (exact) mass is 303 g/mol. The second kappa shape index (κ2) is 5.99. The summed E-state index contributed by atoms with van der Waals surface area (Å²) in [5.41, 5.74) is 6.93. The van der Waals surface area contributed by atoms with Gasteiger partial charge in [-0.3, -0.25) is 0 Å². The molecule has 1 unspecified atom stereocenters. The first-order chi connectivity index (χ1) is 11.1. The molecule has 1 atom stereocenters. The van der Waals surface area contributed by atoms with Crippen molar-refractivity contribution < 1.29 is 5.11 Å². The molecule has 0 aromatic heterocycles. The Morgan fingerprint density at radius 2 is 0.870 bits per heavy atom. The van der Waals surface area contributed by atoms with Crippen molar-refractivity contribution in [2.45, 2.75) is 18.1 Å². The maximum Gasteiger partial charge on any atom is 0.128 e. The van der Waals surface area contributed by atoms with Crippen LogP contribution in [0.3, 0.4) is 0 Å². The molecular weight excluding hydrogens is 282 g/mol. The fourth-order valence-corrected chi connectivity index (χ4v) is 3.44. The summed E-state index contributed by atoms with van der Waals surface area (Å²) in [5, 5.41) is 11.1. The van der Waals surface area contributed by atoms with Crippen LogP contribution in [0.1, 0.15) is 23.6 Å². The third-order valence-corrected chi connectivity index (χ3v) is 4.38. The van der Waals surface area contributed by atoms with E-state index in [9.17, 15) is 5.11 Å². The Morgan fingerprint density at radius 1 is 0.609 bits per heavy atom. The maximum atomic E-state index is 11.1. The summed E-state index contributed by atoms with van der Waals surface area (Å²) in [7, 11) is 0. The topological polar surface area (TPSA) is 46.2 Å². The van der Waals surface area contributed by atoms with Crippen molar-refractivity contribution in [2.75, 3.05) is 0 Å². The molecule has 0 heterocycles. The molecule has 3 aromatic rings. The van der Waals surface area contributed by atoms with Crippen molar-refractivity contribution >= 4 is 0 Å². The van der Waals surface area contributed by atoms with Gasteiger partial charge in [-0.2, -0.15) is 0 Å². The highest BCUT2D eigenvalue weighted by atomic mass is 16.3. The lowest BCUT2D eigenvalue weighted by atomic mass is 9.63. The molecule has 2 nitrogen and oxygen atoms in total. The second-order valence-electron chi connectivity index (χ2n) is 6.00. The lowest BCUT2D eigenvalue weighted by molar-refractivity contribution is 0.0166. The molecule has 0 saturated heterocycles. The third kappa shape index (κ3) is 2.56. The smallest absolute Gasteiger partial charge is 0.128 e.